The Bertz CT molecular complexity index is 828. The molecular formula is C26H35NO4. The predicted molar refractivity (Wildman–Crippen MR) is 123 cm³/mol. The molecule has 5 nitrogen and oxygen atoms in total. The van der Waals surface area contributed by atoms with Crippen LogP contribution in [0.15, 0.2) is 42.5 Å². The normalized spacial score (nSPS) is 15.5. The monoisotopic (exact) mass is 425 g/mol. The zero-order valence-corrected chi connectivity index (χ0v) is 18.7. The molecule has 2 N–H and O–H groups in total. The molecule has 0 saturated heterocycles. The highest BCUT2D eigenvalue weighted by Gasteiger charge is 2.15. The minimum Gasteiger partial charge on any atom is -0.493 e. The van der Waals surface area contributed by atoms with Crippen LogP contribution in [0.5, 0.6) is 11.5 Å². The lowest BCUT2D eigenvalue weighted by atomic mass is 9.95. The van der Waals surface area contributed by atoms with Gasteiger partial charge >= 0.3 is 0 Å². The van der Waals surface area contributed by atoms with Crippen molar-refractivity contribution in [1.82, 2.24) is 5.32 Å². The fourth-order valence-electron chi connectivity index (χ4n) is 3.99. The van der Waals surface area contributed by atoms with Crippen molar-refractivity contribution in [2.24, 2.45) is 0 Å². The van der Waals surface area contributed by atoms with Crippen molar-refractivity contribution in [3.63, 3.8) is 0 Å². The number of aliphatic hydroxyl groups is 1. The Morgan fingerprint density at radius 1 is 1.10 bits per heavy atom. The molecule has 5 heteroatoms. The number of carbonyl (C=O) groups excluding carboxylic acids is 1. The number of ketones is 1. The Hall–Kier alpha value is -2.37. The molecule has 0 bridgehead atoms. The number of carbonyl (C=O) groups is 1. The van der Waals surface area contributed by atoms with Crippen molar-refractivity contribution in [1.29, 1.82) is 0 Å². The van der Waals surface area contributed by atoms with E-state index >= 15 is 0 Å². The third-order valence-electron chi connectivity index (χ3n) is 5.92. The number of nitrogens with one attached hydrogen (secondary N) is 1. The van der Waals surface area contributed by atoms with E-state index in [0.717, 1.165) is 16.7 Å². The molecule has 1 fully saturated rings. The van der Waals surface area contributed by atoms with E-state index in [1.807, 2.05) is 49.4 Å². The summed E-state index contributed by atoms with van der Waals surface area (Å²) < 4.78 is 11.3. The summed E-state index contributed by atoms with van der Waals surface area (Å²) in [6.07, 6.45) is 6.69. The molecule has 0 radical (unpaired) electrons. The Morgan fingerprint density at radius 2 is 1.84 bits per heavy atom. The molecule has 2 aromatic rings. The largest absolute Gasteiger partial charge is 0.493 e. The van der Waals surface area contributed by atoms with Gasteiger partial charge in [0.25, 0.3) is 0 Å². The first-order valence-corrected chi connectivity index (χ1v) is 11.4. The van der Waals surface area contributed by atoms with E-state index in [-0.39, 0.29) is 12.4 Å². The van der Waals surface area contributed by atoms with Gasteiger partial charge in [-0.2, -0.15) is 0 Å². The maximum absolute atomic E-state index is 12.5. The van der Waals surface area contributed by atoms with Crippen molar-refractivity contribution >= 4 is 5.78 Å². The Kier molecular flexibility index (Phi) is 8.92. The number of aliphatic hydroxyl groups excluding tert-OH is 1. The number of aryl methyl sites for hydroxylation is 2. The average Bonchev–Trinajstić information content (AvgIpc) is 2.81. The van der Waals surface area contributed by atoms with Crippen LogP contribution in [0.25, 0.3) is 0 Å². The lowest BCUT2D eigenvalue weighted by Gasteiger charge is -2.24. The molecule has 1 saturated carbocycles. The number of methoxy groups -OCH3 is 1. The van der Waals surface area contributed by atoms with Gasteiger partial charge in [0.2, 0.25) is 0 Å². The van der Waals surface area contributed by atoms with Gasteiger partial charge in [-0.3, -0.25) is 4.79 Å². The minimum absolute atomic E-state index is 0.127. The molecule has 31 heavy (non-hydrogen) atoms. The quantitative estimate of drug-likeness (QED) is 0.520. The highest BCUT2D eigenvalue weighted by Crippen LogP contribution is 2.29. The molecule has 168 valence electrons. The Balaban J connectivity index is 1.50. The summed E-state index contributed by atoms with van der Waals surface area (Å²) in [7, 11) is 1.60. The molecular weight excluding hydrogens is 390 g/mol. The van der Waals surface area contributed by atoms with Gasteiger partial charge in [-0.1, -0.05) is 55.2 Å². The first-order chi connectivity index (χ1) is 15.0. The minimum atomic E-state index is -0.585. The van der Waals surface area contributed by atoms with Crippen LogP contribution >= 0.6 is 0 Å². The number of hydrogen-bond acceptors (Lipinski definition) is 5. The van der Waals surface area contributed by atoms with Crippen LogP contribution in [0, 0.1) is 6.92 Å². The van der Waals surface area contributed by atoms with Gasteiger partial charge in [0.15, 0.2) is 17.3 Å². The number of benzene rings is 2. The van der Waals surface area contributed by atoms with Crippen molar-refractivity contribution in [3.8, 4) is 11.5 Å². The van der Waals surface area contributed by atoms with Crippen LogP contribution in [0.1, 0.15) is 60.0 Å². The van der Waals surface area contributed by atoms with E-state index < -0.39 is 6.10 Å². The molecule has 0 aromatic heterocycles. The van der Waals surface area contributed by atoms with Gasteiger partial charge in [0.05, 0.1) is 7.11 Å². The molecule has 1 aliphatic rings. The molecule has 0 heterocycles. The van der Waals surface area contributed by atoms with Crippen LogP contribution < -0.4 is 14.8 Å². The number of ether oxygens (including phenoxy) is 2. The summed E-state index contributed by atoms with van der Waals surface area (Å²) >= 11 is 0. The van der Waals surface area contributed by atoms with E-state index in [1.54, 1.807) is 7.11 Å². The molecule has 3 rings (SSSR count). The first-order valence-electron chi connectivity index (χ1n) is 11.4. The first kappa shape index (κ1) is 23.3. The third kappa shape index (κ3) is 7.37. The smallest absolute Gasteiger partial charge is 0.163 e. The Labute approximate surface area is 185 Å². The molecule has 1 aliphatic carbocycles. The number of Topliss-reactive ketones (excluding diaryl/α,β-unsaturated/α-hetero) is 1. The highest BCUT2D eigenvalue weighted by molar-refractivity contribution is 5.96. The van der Waals surface area contributed by atoms with Crippen LogP contribution in [0.4, 0.5) is 0 Å². The van der Waals surface area contributed by atoms with Crippen molar-refractivity contribution in [3.05, 3.63) is 59.2 Å². The van der Waals surface area contributed by atoms with E-state index in [4.69, 9.17) is 9.47 Å². The summed E-state index contributed by atoms with van der Waals surface area (Å²) in [5.74, 6) is 1.35. The van der Waals surface area contributed by atoms with Gasteiger partial charge in [0.1, 0.15) is 12.7 Å². The topological polar surface area (TPSA) is 67.8 Å². The SMILES string of the molecule is COc1ccc(CCC(=O)c2ccc(C)cc2)cc1OCC(O)CNC1CCCCC1. The summed E-state index contributed by atoms with van der Waals surface area (Å²) in [6, 6.07) is 13.9. The fourth-order valence-corrected chi connectivity index (χ4v) is 3.99. The summed E-state index contributed by atoms with van der Waals surface area (Å²) in [4.78, 5) is 12.5. The predicted octanol–water partition coefficient (Wildman–Crippen LogP) is 4.48. The van der Waals surface area contributed by atoms with E-state index in [1.165, 1.54) is 32.1 Å². The van der Waals surface area contributed by atoms with Crippen LogP contribution in [-0.4, -0.2) is 43.3 Å². The van der Waals surface area contributed by atoms with Gasteiger partial charge in [-0.15, -0.1) is 0 Å². The molecule has 0 amide bonds. The highest BCUT2D eigenvalue weighted by atomic mass is 16.5. The maximum Gasteiger partial charge on any atom is 0.163 e. The lowest BCUT2D eigenvalue weighted by Crippen LogP contribution is -2.39. The zero-order valence-electron chi connectivity index (χ0n) is 18.7. The van der Waals surface area contributed by atoms with Gasteiger partial charge in [-0.05, 0) is 43.9 Å². The summed E-state index contributed by atoms with van der Waals surface area (Å²) in [5.41, 5.74) is 2.89. The fraction of sp³-hybridized carbons (Fsp3) is 0.500. The van der Waals surface area contributed by atoms with Crippen LogP contribution in [0.3, 0.4) is 0 Å². The second-order valence-electron chi connectivity index (χ2n) is 8.48. The van der Waals surface area contributed by atoms with Crippen molar-refractivity contribution < 1.29 is 19.4 Å². The Morgan fingerprint density at radius 3 is 2.55 bits per heavy atom. The van der Waals surface area contributed by atoms with Crippen molar-refractivity contribution in [2.45, 2.75) is 64.0 Å². The molecule has 2 aromatic carbocycles. The third-order valence-corrected chi connectivity index (χ3v) is 5.92. The van der Waals surface area contributed by atoms with E-state index in [9.17, 15) is 9.90 Å². The maximum atomic E-state index is 12.5. The van der Waals surface area contributed by atoms with Crippen LogP contribution in [-0.2, 0) is 6.42 Å². The second-order valence-corrected chi connectivity index (χ2v) is 8.48. The number of rotatable bonds is 11. The molecule has 0 aliphatic heterocycles. The molecule has 0 spiro atoms. The van der Waals surface area contributed by atoms with Gasteiger partial charge < -0.3 is 19.9 Å². The van der Waals surface area contributed by atoms with Crippen molar-refractivity contribution in [2.75, 3.05) is 20.3 Å². The average molecular weight is 426 g/mol. The van der Waals surface area contributed by atoms with Gasteiger partial charge in [0, 0.05) is 24.6 Å². The zero-order chi connectivity index (χ0) is 22.1. The lowest BCUT2D eigenvalue weighted by molar-refractivity contribution is 0.0982. The van der Waals surface area contributed by atoms with E-state index in [2.05, 4.69) is 5.32 Å². The second kappa shape index (κ2) is 11.9. The standard InChI is InChI=1S/C26H35NO4/c1-19-8-12-21(13-9-19)24(29)14-10-20-11-15-25(30-2)26(16-20)31-18-23(28)17-27-22-6-4-3-5-7-22/h8-9,11-13,15-16,22-23,27-28H,3-7,10,14,17-18H2,1-2H3. The summed E-state index contributed by atoms with van der Waals surface area (Å²) in [6.45, 7) is 2.73. The number of hydrogen-bond donors (Lipinski definition) is 2. The molecule has 1 atom stereocenters. The van der Waals surface area contributed by atoms with Crippen LogP contribution in [0.2, 0.25) is 0 Å². The summed E-state index contributed by atoms with van der Waals surface area (Å²) in [5, 5.41) is 13.8. The molecule has 1 unspecified atom stereocenters. The van der Waals surface area contributed by atoms with Gasteiger partial charge in [-0.25, -0.2) is 0 Å². The van der Waals surface area contributed by atoms with E-state index in [0.29, 0.717) is 36.9 Å².